The Bertz CT molecular complexity index is 1070. The minimum Gasteiger partial charge on any atom is -0.370 e. The number of rotatable bonds is 7. The Kier molecular flexibility index (Phi) is 5.19. The van der Waals surface area contributed by atoms with E-state index in [0.29, 0.717) is 12.5 Å². The van der Waals surface area contributed by atoms with E-state index in [4.69, 9.17) is 0 Å². The number of hydrogen-bond acceptors (Lipinski definition) is 4. The minimum absolute atomic E-state index is 0.239. The predicted octanol–water partition coefficient (Wildman–Crippen LogP) is 4.67. The van der Waals surface area contributed by atoms with E-state index >= 15 is 0 Å². The van der Waals surface area contributed by atoms with Crippen LogP contribution < -0.4 is 10.6 Å². The van der Waals surface area contributed by atoms with Crippen LogP contribution in [0.3, 0.4) is 0 Å². The van der Waals surface area contributed by atoms with Gasteiger partial charge in [0.25, 0.3) is 0 Å². The highest BCUT2D eigenvalue weighted by Crippen LogP contribution is 2.18. The molecule has 28 heavy (non-hydrogen) atoms. The molecule has 142 valence electrons. The van der Waals surface area contributed by atoms with Gasteiger partial charge in [-0.1, -0.05) is 30.3 Å². The van der Waals surface area contributed by atoms with Crippen molar-refractivity contribution in [2.45, 2.75) is 19.9 Å². The van der Waals surface area contributed by atoms with E-state index in [1.807, 2.05) is 19.1 Å². The zero-order valence-electron chi connectivity index (χ0n) is 15.7. The van der Waals surface area contributed by atoms with Crippen molar-refractivity contribution in [1.82, 2.24) is 15.0 Å². The van der Waals surface area contributed by atoms with Gasteiger partial charge in [0.2, 0.25) is 5.95 Å². The van der Waals surface area contributed by atoms with Gasteiger partial charge in [-0.05, 0) is 42.7 Å². The Morgan fingerprint density at radius 1 is 1.00 bits per heavy atom. The molecule has 2 aromatic heterocycles. The summed E-state index contributed by atoms with van der Waals surface area (Å²) in [5.41, 5.74) is 4.29. The molecule has 0 fully saturated rings. The number of nitrogens with zero attached hydrogens (tertiary/aromatic N) is 2. The molecular weight excluding hydrogens is 353 g/mol. The van der Waals surface area contributed by atoms with Crippen LogP contribution in [0.15, 0.2) is 60.8 Å². The van der Waals surface area contributed by atoms with Gasteiger partial charge in [0.1, 0.15) is 11.6 Å². The number of nitrogens with one attached hydrogen (secondary N) is 3. The van der Waals surface area contributed by atoms with Crippen LogP contribution in [0.2, 0.25) is 0 Å². The van der Waals surface area contributed by atoms with E-state index in [1.165, 1.54) is 23.1 Å². The zero-order valence-corrected chi connectivity index (χ0v) is 15.7. The van der Waals surface area contributed by atoms with Crippen molar-refractivity contribution in [3.63, 3.8) is 0 Å². The van der Waals surface area contributed by atoms with Crippen molar-refractivity contribution in [3.8, 4) is 0 Å². The number of halogens is 1. The Morgan fingerprint density at radius 3 is 2.68 bits per heavy atom. The first-order valence-electron chi connectivity index (χ1n) is 9.30. The second-order valence-electron chi connectivity index (χ2n) is 6.73. The van der Waals surface area contributed by atoms with Crippen molar-refractivity contribution in [2.75, 3.05) is 17.2 Å². The fourth-order valence-corrected chi connectivity index (χ4v) is 3.19. The predicted molar refractivity (Wildman–Crippen MR) is 111 cm³/mol. The number of aromatic nitrogens is 3. The fourth-order valence-electron chi connectivity index (χ4n) is 3.19. The number of H-pyrrole nitrogens is 1. The van der Waals surface area contributed by atoms with Crippen LogP contribution in [-0.4, -0.2) is 21.5 Å². The summed E-state index contributed by atoms with van der Waals surface area (Å²) in [6.07, 6.45) is 2.96. The summed E-state index contributed by atoms with van der Waals surface area (Å²) < 4.78 is 13.0. The van der Waals surface area contributed by atoms with Gasteiger partial charge in [-0.15, -0.1) is 0 Å². The third-order valence-electron chi connectivity index (χ3n) is 4.59. The van der Waals surface area contributed by atoms with E-state index in [-0.39, 0.29) is 5.82 Å². The van der Waals surface area contributed by atoms with Crippen LogP contribution in [0.4, 0.5) is 16.2 Å². The maximum Gasteiger partial charge on any atom is 0.225 e. The quantitative estimate of drug-likeness (QED) is 0.439. The molecule has 0 spiro atoms. The lowest BCUT2D eigenvalue weighted by atomic mass is 10.1. The molecule has 0 atom stereocenters. The molecule has 4 rings (SSSR count). The highest BCUT2D eigenvalue weighted by atomic mass is 19.1. The van der Waals surface area contributed by atoms with E-state index in [1.54, 1.807) is 12.1 Å². The molecular formula is C22H22FN5. The average molecular weight is 375 g/mol. The van der Waals surface area contributed by atoms with E-state index in [9.17, 15) is 4.39 Å². The number of benzene rings is 2. The molecule has 0 amide bonds. The lowest BCUT2D eigenvalue weighted by Gasteiger charge is -2.10. The summed E-state index contributed by atoms with van der Waals surface area (Å²) in [7, 11) is 0. The topological polar surface area (TPSA) is 65.6 Å². The van der Waals surface area contributed by atoms with Gasteiger partial charge in [-0.25, -0.2) is 9.37 Å². The highest BCUT2D eigenvalue weighted by Gasteiger charge is 2.05. The van der Waals surface area contributed by atoms with Gasteiger partial charge in [0.05, 0.1) is 0 Å². The molecule has 5 nitrogen and oxygen atoms in total. The molecule has 0 radical (unpaired) electrons. The molecule has 0 aliphatic carbocycles. The summed E-state index contributed by atoms with van der Waals surface area (Å²) in [4.78, 5) is 12.3. The second-order valence-corrected chi connectivity index (χ2v) is 6.73. The summed E-state index contributed by atoms with van der Waals surface area (Å²) >= 11 is 0. The van der Waals surface area contributed by atoms with Crippen LogP contribution in [0, 0.1) is 12.7 Å². The second kappa shape index (κ2) is 8.08. The number of aromatic amines is 1. The number of aryl methyl sites for hydroxylation is 1. The first-order chi connectivity index (χ1) is 13.7. The smallest absolute Gasteiger partial charge is 0.225 e. The first-order valence-corrected chi connectivity index (χ1v) is 9.30. The third kappa shape index (κ3) is 4.28. The van der Waals surface area contributed by atoms with Crippen LogP contribution >= 0.6 is 0 Å². The van der Waals surface area contributed by atoms with Gasteiger partial charge in [0, 0.05) is 41.9 Å². The summed E-state index contributed by atoms with van der Waals surface area (Å²) in [5, 5.41) is 7.83. The van der Waals surface area contributed by atoms with Crippen molar-refractivity contribution >= 4 is 22.7 Å². The molecule has 0 bridgehead atoms. The molecule has 0 saturated carbocycles. The monoisotopic (exact) mass is 375 g/mol. The number of anilines is 2. The van der Waals surface area contributed by atoms with Crippen molar-refractivity contribution < 1.29 is 4.39 Å². The fraction of sp³-hybridized carbons (Fsp3) is 0.182. The van der Waals surface area contributed by atoms with E-state index < -0.39 is 0 Å². The molecule has 3 N–H and O–H groups in total. The molecule has 2 heterocycles. The van der Waals surface area contributed by atoms with Crippen LogP contribution in [0.1, 0.15) is 16.8 Å². The van der Waals surface area contributed by atoms with Gasteiger partial charge in [-0.3, -0.25) is 0 Å². The number of fused-ring (bicyclic) bond motifs is 1. The summed E-state index contributed by atoms with van der Waals surface area (Å²) in [5.74, 6) is 1.10. The number of para-hydroxylation sites is 1. The van der Waals surface area contributed by atoms with Gasteiger partial charge in [-0.2, -0.15) is 4.98 Å². The SMILES string of the molecule is Cc1cc(NCCc2c[nH]c3ccccc23)nc(NCc2ccc(F)cc2)n1. The Balaban J connectivity index is 1.37. The molecule has 0 aliphatic heterocycles. The van der Waals surface area contributed by atoms with E-state index in [0.717, 1.165) is 35.6 Å². The van der Waals surface area contributed by atoms with Gasteiger partial charge in [0.15, 0.2) is 0 Å². The zero-order chi connectivity index (χ0) is 19.3. The maximum atomic E-state index is 13.0. The van der Waals surface area contributed by atoms with Crippen LogP contribution in [-0.2, 0) is 13.0 Å². The first kappa shape index (κ1) is 18.0. The maximum absolute atomic E-state index is 13.0. The summed E-state index contributed by atoms with van der Waals surface area (Å²) in [6, 6.07) is 16.6. The average Bonchev–Trinajstić information content (AvgIpc) is 3.11. The van der Waals surface area contributed by atoms with Crippen LogP contribution in [0.5, 0.6) is 0 Å². The summed E-state index contributed by atoms with van der Waals surface area (Å²) in [6.45, 7) is 3.25. The Labute approximate surface area is 163 Å². The minimum atomic E-state index is -0.239. The van der Waals surface area contributed by atoms with E-state index in [2.05, 4.69) is 50.0 Å². The normalized spacial score (nSPS) is 10.9. The van der Waals surface area contributed by atoms with Gasteiger partial charge < -0.3 is 15.6 Å². The van der Waals surface area contributed by atoms with Gasteiger partial charge >= 0.3 is 0 Å². The Morgan fingerprint density at radius 2 is 1.82 bits per heavy atom. The molecule has 0 unspecified atom stereocenters. The lowest BCUT2D eigenvalue weighted by Crippen LogP contribution is -2.10. The molecule has 6 heteroatoms. The molecule has 0 aliphatic rings. The van der Waals surface area contributed by atoms with Crippen molar-refractivity contribution in [3.05, 3.63) is 83.4 Å². The van der Waals surface area contributed by atoms with Crippen molar-refractivity contribution in [1.29, 1.82) is 0 Å². The highest BCUT2D eigenvalue weighted by molar-refractivity contribution is 5.83. The number of hydrogen-bond donors (Lipinski definition) is 3. The third-order valence-corrected chi connectivity index (χ3v) is 4.59. The molecule has 4 aromatic rings. The lowest BCUT2D eigenvalue weighted by molar-refractivity contribution is 0.627. The standard InChI is InChI=1S/C22H22FN5/c1-15-12-21(24-11-10-17-14-25-20-5-3-2-4-19(17)20)28-22(27-15)26-13-16-6-8-18(23)9-7-16/h2-9,12,14,25H,10-11,13H2,1H3,(H2,24,26,27,28). The van der Waals surface area contributed by atoms with Crippen molar-refractivity contribution in [2.24, 2.45) is 0 Å². The molecule has 2 aromatic carbocycles. The van der Waals surface area contributed by atoms with Crippen LogP contribution in [0.25, 0.3) is 10.9 Å². The Hall–Kier alpha value is -3.41. The largest absolute Gasteiger partial charge is 0.370 e. The molecule has 0 saturated heterocycles.